The summed E-state index contributed by atoms with van der Waals surface area (Å²) < 4.78 is 43.1. The number of nitrogens with zero attached hydrogens (tertiary/aromatic N) is 2. The topological polar surface area (TPSA) is 75.4 Å². The smallest absolute Gasteiger partial charge is 0.455 e. The van der Waals surface area contributed by atoms with E-state index in [9.17, 15) is 22.8 Å². The zero-order valence-corrected chi connectivity index (χ0v) is 13.7. The van der Waals surface area contributed by atoms with Crippen molar-refractivity contribution in [3.8, 4) is 0 Å². The highest BCUT2D eigenvalue weighted by molar-refractivity contribution is 6.10. The molecule has 1 unspecified atom stereocenters. The molecule has 2 aromatic rings. The van der Waals surface area contributed by atoms with E-state index in [1.807, 2.05) is 0 Å². The molecule has 0 radical (unpaired) electrons. The maximum atomic E-state index is 12.7. The number of carbonyl (C=O) groups excluding carboxylic acids is 2. The molecule has 2 saturated heterocycles. The van der Waals surface area contributed by atoms with Crippen LogP contribution in [0.15, 0.2) is 22.9 Å². The van der Waals surface area contributed by atoms with Crippen LogP contribution in [0.3, 0.4) is 0 Å². The fraction of sp³-hybridized carbons (Fsp3) is 0.471. The van der Waals surface area contributed by atoms with E-state index in [0.29, 0.717) is 5.92 Å². The minimum Gasteiger partial charge on any atom is -0.462 e. The molecule has 4 heterocycles. The van der Waals surface area contributed by atoms with Gasteiger partial charge in [0.05, 0.1) is 11.8 Å². The number of Topliss-reactive ketones (excluding diaryl/α,β-unsaturated/α-hetero) is 1. The van der Waals surface area contributed by atoms with Gasteiger partial charge in [-0.2, -0.15) is 13.2 Å². The van der Waals surface area contributed by atoms with Gasteiger partial charge in [-0.3, -0.25) is 9.59 Å². The van der Waals surface area contributed by atoms with Crippen molar-refractivity contribution in [2.24, 2.45) is 5.92 Å². The third kappa shape index (κ3) is 3.07. The van der Waals surface area contributed by atoms with Gasteiger partial charge >= 0.3 is 6.18 Å². The Labute approximate surface area is 146 Å². The van der Waals surface area contributed by atoms with Gasteiger partial charge in [-0.1, -0.05) is 0 Å². The molecule has 0 aromatic carbocycles. The van der Waals surface area contributed by atoms with Crippen LogP contribution in [-0.2, 0) is 0 Å². The van der Waals surface area contributed by atoms with E-state index in [1.165, 1.54) is 6.07 Å². The lowest BCUT2D eigenvalue weighted by atomic mass is 9.97. The number of amides is 1. The van der Waals surface area contributed by atoms with Crippen LogP contribution in [0, 0.1) is 5.92 Å². The van der Waals surface area contributed by atoms with Crippen LogP contribution in [0.5, 0.6) is 0 Å². The molecule has 0 saturated carbocycles. The van der Waals surface area contributed by atoms with Gasteiger partial charge in [0.2, 0.25) is 0 Å². The first-order chi connectivity index (χ1) is 12.3. The largest absolute Gasteiger partial charge is 0.462 e. The summed E-state index contributed by atoms with van der Waals surface area (Å²) in [7, 11) is 0. The number of piperidine rings is 1. The lowest BCUT2D eigenvalue weighted by Gasteiger charge is -2.30. The molecule has 3 atom stereocenters. The number of rotatable bonds is 3. The van der Waals surface area contributed by atoms with E-state index in [-0.39, 0.29) is 22.7 Å². The van der Waals surface area contributed by atoms with Gasteiger partial charge in [0.15, 0.2) is 5.58 Å². The van der Waals surface area contributed by atoms with Crippen molar-refractivity contribution in [1.82, 2.24) is 15.2 Å². The van der Waals surface area contributed by atoms with Crippen molar-refractivity contribution in [1.29, 1.82) is 0 Å². The van der Waals surface area contributed by atoms with Gasteiger partial charge in [0, 0.05) is 24.5 Å². The third-order valence-electron chi connectivity index (χ3n) is 5.00. The number of halogens is 3. The molecule has 9 heteroatoms. The summed E-state index contributed by atoms with van der Waals surface area (Å²) in [6, 6.07) is 1.16. The van der Waals surface area contributed by atoms with Gasteiger partial charge < -0.3 is 14.6 Å². The van der Waals surface area contributed by atoms with Crippen LogP contribution < -0.4 is 5.32 Å². The third-order valence-corrected chi connectivity index (χ3v) is 5.00. The molecule has 2 aromatic heterocycles. The summed E-state index contributed by atoms with van der Waals surface area (Å²) in [6.07, 6.45) is -1.11. The Bertz CT molecular complexity index is 865. The average molecular weight is 367 g/mol. The number of nitrogens with one attached hydrogen (secondary N) is 1. The first-order valence-corrected chi connectivity index (χ1v) is 8.33. The minimum atomic E-state index is -5.02. The molecule has 1 amide bonds. The Hall–Kier alpha value is -2.42. The molecule has 2 aliphatic heterocycles. The number of fused-ring (bicyclic) bond motifs is 3. The van der Waals surface area contributed by atoms with Gasteiger partial charge in [-0.05, 0) is 31.4 Å². The van der Waals surface area contributed by atoms with Crippen molar-refractivity contribution >= 4 is 22.7 Å². The monoisotopic (exact) mass is 367 g/mol. The first-order valence-electron chi connectivity index (χ1n) is 8.33. The van der Waals surface area contributed by atoms with E-state index in [0.717, 1.165) is 44.9 Å². The second-order valence-electron chi connectivity index (χ2n) is 6.86. The molecule has 2 aliphatic rings. The Morgan fingerprint density at radius 3 is 2.85 bits per heavy atom. The summed E-state index contributed by atoms with van der Waals surface area (Å²) in [6.45, 7) is 2.84. The number of furan rings is 1. The number of pyridine rings is 1. The maximum absolute atomic E-state index is 12.7. The standard InChI is InChI=1S/C17H16F3N3O3/c18-17(19,20)15(24)12-8-26-14-5-21-13(4-11(12)14)16(25)22-10-3-9-1-2-23(6-9)7-10/h4-5,8-10H,1-3,6-7H2,(H,22,25)/t9-,10-/m1/s1. The molecule has 2 fully saturated rings. The predicted octanol–water partition coefficient (Wildman–Crippen LogP) is 2.40. The molecular formula is C17H16F3N3O3. The van der Waals surface area contributed by atoms with E-state index >= 15 is 0 Å². The number of hydrogen-bond acceptors (Lipinski definition) is 5. The lowest BCUT2D eigenvalue weighted by molar-refractivity contribution is -0.0884. The van der Waals surface area contributed by atoms with Crippen LogP contribution in [0.1, 0.15) is 33.7 Å². The predicted molar refractivity (Wildman–Crippen MR) is 84.8 cm³/mol. The van der Waals surface area contributed by atoms with Crippen molar-refractivity contribution in [2.75, 3.05) is 19.6 Å². The van der Waals surface area contributed by atoms with Crippen LogP contribution in [0.2, 0.25) is 0 Å². The fourth-order valence-electron chi connectivity index (χ4n) is 3.81. The maximum Gasteiger partial charge on any atom is 0.455 e. The molecule has 2 bridgehead atoms. The van der Waals surface area contributed by atoms with Crippen molar-refractivity contribution < 1.29 is 27.2 Å². The van der Waals surface area contributed by atoms with E-state index < -0.39 is 23.4 Å². The number of aromatic nitrogens is 1. The second-order valence-corrected chi connectivity index (χ2v) is 6.86. The number of carbonyl (C=O) groups is 2. The highest BCUT2D eigenvalue weighted by Gasteiger charge is 2.41. The highest BCUT2D eigenvalue weighted by atomic mass is 19.4. The van der Waals surface area contributed by atoms with Gasteiger partial charge in [-0.25, -0.2) is 4.98 Å². The van der Waals surface area contributed by atoms with Crippen molar-refractivity contribution in [2.45, 2.75) is 25.1 Å². The Morgan fingerprint density at radius 1 is 1.31 bits per heavy atom. The van der Waals surface area contributed by atoms with Crippen LogP contribution in [0.4, 0.5) is 13.2 Å². The zero-order chi connectivity index (χ0) is 18.5. The summed E-state index contributed by atoms with van der Waals surface area (Å²) in [5.74, 6) is -1.91. The van der Waals surface area contributed by atoms with E-state index in [2.05, 4.69) is 15.2 Å². The number of alkyl halides is 3. The zero-order valence-electron chi connectivity index (χ0n) is 13.7. The summed E-state index contributed by atoms with van der Waals surface area (Å²) in [4.78, 5) is 30.2. The normalized spacial score (nSPS) is 25.4. The number of hydrogen-bond donors (Lipinski definition) is 1. The second kappa shape index (κ2) is 6.08. The lowest BCUT2D eigenvalue weighted by Crippen LogP contribution is -2.47. The Morgan fingerprint density at radius 2 is 2.12 bits per heavy atom. The van der Waals surface area contributed by atoms with Gasteiger partial charge in [0.1, 0.15) is 12.0 Å². The SMILES string of the molecule is O=C(N[C@@H]1C[C@H]2CCN(C2)C1)c1cc2c(C(=O)C(F)(F)F)coc2cn1. The highest BCUT2D eigenvalue weighted by Crippen LogP contribution is 2.29. The van der Waals surface area contributed by atoms with Crippen LogP contribution >= 0.6 is 0 Å². The van der Waals surface area contributed by atoms with Gasteiger partial charge in [0.25, 0.3) is 11.7 Å². The number of ketones is 1. The summed E-state index contributed by atoms with van der Waals surface area (Å²) in [5.41, 5.74) is -0.634. The molecule has 0 aliphatic carbocycles. The van der Waals surface area contributed by atoms with Crippen molar-refractivity contribution in [3.63, 3.8) is 0 Å². The molecule has 138 valence electrons. The molecule has 6 nitrogen and oxygen atoms in total. The molecule has 1 N–H and O–H groups in total. The average Bonchev–Trinajstić information content (AvgIpc) is 3.15. The molecule has 4 rings (SSSR count). The van der Waals surface area contributed by atoms with Crippen LogP contribution in [0.25, 0.3) is 11.0 Å². The quantitative estimate of drug-likeness (QED) is 0.844. The Kier molecular flexibility index (Phi) is 3.98. The fourth-order valence-corrected chi connectivity index (χ4v) is 3.81. The molecular weight excluding hydrogens is 351 g/mol. The van der Waals surface area contributed by atoms with Gasteiger partial charge in [-0.15, -0.1) is 0 Å². The van der Waals surface area contributed by atoms with Crippen molar-refractivity contribution in [3.05, 3.63) is 29.8 Å². The molecule has 0 spiro atoms. The van der Waals surface area contributed by atoms with Crippen LogP contribution in [-0.4, -0.2) is 53.4 Å². The van der Waals surface area contributed by atoms with E-state index in [1.54, 1.807) is 0 Å². The first kappa shape index (κ1) is 17.0. The summed E-state index contributed by atoms with van der Waals surface area (Å²) in [5, 5.41) is 2.82. The van der Waals surface area contributed by atoms with E-state index in [4.69, 9.17) is 4.42 Å². The minimum absolute atomic E-state index is 0.0122. The Balaban J connectivity index is 1.56. The summed E-state index contributed by atoms with van der Waals surface area (Å²) >= 11 is 0. The molecule has 26 heavy (non-hydrogen) atoms.